The molecule has 6 nitrogen and oxygen atoms in total. The number of carbonyl (C=O) groups excluding carboxylic acids is 2. The first kappa shape index (κ1) is 28.7. The van der Waals surface area contributed by atoms with E-state index in [-0.39, 0.29) is 11.5 Å². The van der Waals surface area contributed by atoms with E-state index in [0.717, 1.165) is 19.3 Å². The highest BCUT2D eigenvalue weighted by molar-refractivity contribution is 6.04. The minimum atomic E-state index is -1.11. The number of aliphatic carboxylic acids is 1. The van der Waals surface area contributed by atoms with E-state index < -0.39 is 18.4 Å². The second kappa shape index (κ2) is 19.1. The molecule has 0 aliphatic carbocycles. The summed E-state index contributed by atoms with van der Waals surface area (Å²) in [6.45, 7) is 1.80. The van der Waals surface area contributed by atoms with Crippen LogP contribution in [0, 0.1) is 0 Å². The monoisotopic (exact) mass is 460 g/mol. The summed E-state index contributed by atoms with van der Waals surface area (Å²) in [5.74, 6) is -1.75. The van der Waals surface area contributed by atoms with Crippen molar-refractivity contribution in [3.05, 3.63) is 29.8 Å². The van der Waals surface area contributed by atoms with Gasteiger partial charge in [0.25, 0.3) is 5.91 Å². The summed E-state index contributed by atoms with van der Waals surface area (Å²) in [4.78, 5) is 35.0. The first-order chi connectivity index (χ1) is 16.0. The fraction of sp³-hybridized carbons (Fsp3) is 0.667. The van der Waals surface area contributed by atoms with Crippen molar-refractivity contribution in [3.8, 4) is 0 Å². The Bertz CT molecular complexity index is 690. The Morgan fingerprint density at radius 1 is 0.727 bits per heavy atom. The van der Waals surface area contributed by atoms with Crippen molar-refractivity contribution in [2.75, 3.05) is 11.9 Å². The van der Waals surface area contributed by atoms with Gasteiger partial charge in [-0.25, -0.2) is 0 Å². The van der Waals surface area contributed by atoms with E-state index in [1.165, 1.54) is 77.0 Å². The van der Waals surface area contributed by atoms with Gasteiger partial charge in [-0.05, 0) is 18.6 Å². The van der Waals surface area contributed by atoms with E-state index in [9.17, 15) is 14.4 Å². The molecule has 0 radical (unpaired) electrons. The zero-order chi connectivity index (χ0) is 24.2. The molecule has 0 atom stereocenters. The number of para-hydroxylation sites is 1. The largest absolute Gasteiger partial charge is 0.480 e. The Morgan fingerprint density at radius 3 is 1.73 bits per heavy atom. The fourth-order valence-electron chi connectivity index (χ4n) is 3.91. The van der Waals surface area contributed by atoms with E-state index in [1.807, 2.05) is 0 Å². The molecule has 0 spiro atoms. The van der Waals surface area contributed by atoms with Gasteiger partial charge in [0.2, 0.25) is 5.91 Å². The van der Waals surface area contributed by atoms with Gasteiger partial charge in [-0.2, -0.15) is 0 Å². The number of benzene rings is 1. The molecule has 1 aromatic carbocycles. The summed E-state index contributed by atoms with van der Waals surface area (Å²) in [6.07, 6.45) is 19.6. The minimum Gasteiger partial charge on any atom is -0.480 e. The number of carboxylic acid groups (broad SMARTS) is 1. The lowest BCUT2D eigenvalue weighted by molar-refractivity contribution is -0.135. The standard InChI is InChI=1S/C27H44N2O4/c1-2-3-4-5-6-7-8-9-10-11-12-13-14-15-16-21-25(30)29-24-20-18-17-19-23(24)27(33)28-22-26(31)32/h17-20H,2-16,21-22H2,1H3,(H,28,33)(H,29,30)(H,31,32). The number of unbranched alkanes of at least 4 members (excludes halogenated alkanes) is 14. The minimum absolute atomic E-state index is 0.122. The highest BCUT2D eigenvalue weighted by Crippen LogP contribution is 2.17. The smallest absolute Gasteiger partial charge is 0.322 e. The molecule has 0 aliphatic rings. The van der Waals surface area contributed by atoms with Gasteiger partial charge in [0.1, 0.15) is 6.54 Å². The number of carbonyl (C=O) groups is 3. The van der Waals surface area contributed by atoms with Crippen LogP contribution >= 0.6 is 0 Å². The van der Waals surface area contributed by atoms with Crippen molar-refractivity contribution in [1.82, 2.24) is 5.32 Å². The molecule has 6 heteroatoms. The van der Waals surface area contributed by atoms with Crippen molar-refractivity contribution in [1.29, 1.82) is 0 Å². The molecule has 2 amide bonds. The zero-order valence-corrected chi connectivity index (χ0v) is 20.5. The number of nitrogens with one attached hydrogen (secondary N) is 2. The molecule has 0 saturated heterocycles. The van der Waals surface area contributed by atoms with Gasteiger partial charge < -0.3 is 15.7 Å². The average Bonchev–Trinajstić information content (AvgIpc) is 2.80. The van der Waals surface area contributed by atoms with Gasteiger partial charge in [0.05, 0.1) is 11.3 Å². The molecule has 0 bridgehead atoms. The maximum absolute atomic E-state index is 12.3. The van der Waals surface area contributed by atoms with Crippen LogP contribution < -0.4 is 10.6 Å². The molecule has 0 fully saturated rings. The number of hydrogen-bond acceptors (Lipinski definition) is 3. The maximum Gasteiger partial charge on any atom is 0.322 e. The average molecular weight is 461 g/mol. The molecule has 0 saturated carbocycles. The van der Waals surface area contributed by atoms with Crippen molar-refractivity contribution < 1.29 is 19.5 Å². The summed E-state index contributed by atoms with van der Waals surface area (Å²) in [5.41, 5.74) is 0.676. The third-order valence-electron chi connectivity index (χ3n) is 5.85. The molecule has 1 rings (SSSR count). The van der Waals surface area contributed by atoms with Crippen LogP contribution in [0.1, 0.15) is 120 Å². The lowest BCUT2D eigenvalue weighted by Gasteiger charge is -2.10. The molecular weight excluding hydrogens is 416 g/mol. The number of amides is 2. The molecule has 33 heavy (non-hydrogen) atoms. The summed E-state index contributed by atoms with van der Waals surface area (Å²) >= 11 is 0. The first-order valence-corrected chi connectivity index (χ1v) is 12.9. The highest BCUT2D eigenvalue weighted by atomic mass is 16.4. The molecule has 0 heterocycles. The Balaban J connectivity index is 2.06. The predicted molar refractivity (Wildman–Crippen MR) is 135 cm³/mol. The van der Waals surface area contributed by atoms with Crippen LogP contribution in [0.5, 0.6) is 0 Å². The molecule has 1 aromatic rings. The van der Waals surface area contributed by atoms with Gasteiger partial charge >= 0.3 is 5.97 Å². The first-order valence-electron chi connectivity index (χ1n) is 12.9. The number of carboxylic acids is 1. The third kappa shape index (κ3) is 15.2. The van der Waals surface area contributed by atoms with Crippen molar-refractivity contribution in [2.24, 2.45) is 0 Å². The third-order valence-corrected chi connectivity index (χ3v) is 5.85. The Morgan fingerprint density at radius 2 is 1.21 bits per heavy atom. The molecule has 3 N–H and O–H groups in total. The Hall–Kier alpha value is -2.37. The number of hydrogen-bond donors (Lipinski definition) is 3. The highest BCUT2D eigenvalue weighted by Gasteiger charge is 2.13. The fourth-order valence-corrected chi connectivity index (χ4v) is 3.91. The van der Waals surface area contributed by atoms with Crippen molar-refractivity contribution >= 4 is 23.5 Å². The van der Waals surface area contributed by atoms with E-state index in [1.54, 1.807) is 24.3 Å². The quantitative estimate of drug-likeness (QED) is 0.189. The predicted octanol–water partition coefficient (Wildman–Crippen LogP) is 6.70. The van der Waals surface area contributed by atoms with Crippen LogP contribution in [-0.2, 0) is 9.59 Å². The molecule has 0 unspecified atom stereocenters. The van der Waals surface area contributed by atoms with Gasteiger partial charge in [-0.3, -0.25) is 14.4 Å². The molecule has 0 aliphatic heterocycles. The van der Waals surface area contributed by atoms with E-state index in [4.69, 9.17) is 5.11 Å². The van der Waals surface area contributed by atoms with E-state index in [0.29, 0.717) is 12.1 Å². The Labute approximate surface area is 199 Å². The molecule has 0 aromatic heterocycles. The second-order valence-electron chi connectivity index (χ2n) is 8.87. The number of rotatable bonds is 20. The second-order valence-corrected chi connectivity index (χ2v) is 8.87. The lowest BCUT2D eigenvalue weighted by Crippen LogP contribution is -2.30. The van der Waals surface area contributed by atoms with Crippen molar-refractivity contribution in [3.63, 3.8) is 0 Å². The zero-order valence-electron chi connectivity index (χ0n) is 20.5. The number of anilines is 1. The van der Waals surface area contributed by atoms with Gasteiger partial charge in [-0.1, -0.05) is 109 Å². The Kier molecular flexibility index (Phi) is 16.6. The van der Waals surface area contributed by atoms with Crippen LogP contribution in [0.25, 0.3) is 0 Å². The summed E-state index contributed by atoms with van der Waals surface area (Å²) in [6, 6.07) is 6.64. The van der Waals surface area contributed by atoms with Crippen LogP contribution in [0.2, 0.25) is 0 Å². The van der Waals surface area contributed by atoms with Gasteiger partial charge in [0, 0.05) is 6.42 Å². The van der Waals surface area contributed by atoms with E-state index in [2.05, 4.69) is 17.6 Å². The molecular formula is C27H44N2O4. The maximum atomic E-state index is 12.3. The van der Waals surface area contributed by atoms with Gasteiger partial charge in [-0.15, -0.1) is 0 Å². The molecule has 186 valence electrons. The summed E-state index contributed by atoms with van der Waals surface area (Å²) < 4.78 is 0. The van der Waals surface area contributed by atoms with Gasteiger partial charge in [0.15, 0.2) is 0 Å². The van der Waals surface area contributed by atoms with Crippen LogP contribution in [0.15, 0.2) is 24.3 Å². The normalized spacial score (nSPS) is 10.7. The van der Waals surface area contributed by atoms with Crippen LogP contribution in [-0.4, -0.2) is 29.4 Å². The van der Waals surface area contributed by atoms with E-state index >= 15 is 0 Å². The van der Waals surface area contributed by atoms with Crippen molar-refractivity contribution in [2.45, 2.75) is 110 Å². The SMILES string of the molecule is CCCCCCCCCCCCCCCCCC(=O)Nc1ccccc1C(=O)NCC(=O)O. The summed E-state index contributed by atoms with van der Waals surface area (Å²) in [7, 11) is 0. The summed E-state index contributed by atoms with van der Waals surface area (Å²) in [5, 5.41) is 13.8. The topological polar surface area (TPSA) is 95.5 Å². The lowest BCUT2D eigenvalue weighted by atomic mass is 10.0. The van der Waals surface area contributed by atoms with Crippen LogP contribution in [0.4, 0.5) is 5.69 Å². The van der Waals surface area contributed by atoms with Crippen LogP contribution in [0.3, 0.4) is 0 Å².